The van der Waals surface area contributed by atoms with Crippen LogP contribution in [0.3, 0.4) is 0 Å². The van der Waals surface area contributed by atoms with Gasteiger partial charge in [-0.05, 0) is 43.2 Å². The van der Waals surface area contributed by atoms with E-state index < -0.39 is 0 Å². The van der Waals surface area contributed by atoms with Crippen LogP contribution in [0.1, 0.15) is 18.4 Å². The summed E-state index contributed by atoms with van der Waals surface area (Å²) in [5, 5.41) is 2.82. The van der Waals surface area contributed by atoms with Gasteiger partial charge in [-0.2, -0.15) is 0 Å². The number of para-hydroxylation sites is 1. The second-order valence-corrected chi connectivity index (χ2v) is 4.89. The quantitative estimate of drug-likeness (QED) is 0.631. The molecule has 0 saturated heterocycles. The Kier molecular flexibility index (Phi) is 5.21. The maximum Gasteiger partial charge on any atom is 0.224 e. The molecule has 0 spiro atoms. The molecule has 0 unspecified atom stereocenters. The summed E-state index contributed by atoms with van der Waals surface area (Å²) >= 11 is 0. The Morgan fingerprint density at radius 3 is 2.76 bits per heavy atom. The van der Waals surface area contributed by atoms with Crippen LogP contribution in [0.25, 0.3) is 0 Å². The number of nitrogens with two attached hydrogens (primary N) is 1. The zero-order valence-electron chi connectivity index (χ0n) is 12.1. The van der Waals surface area contributed by atoms with Crippen molar-refractivity contribution in [2.45, 2.75) is 19.8 Å². The lowest BCUT2D eigenvalue weighted by atomic mass is 10.2. The largest absolute Gasteiger partial charge is 0.493 e. The van der Waals surface area contributed by atoms with Gasteiger partial charge in [0.2, 0.25) is 5.91 Å². The summed E-state index contributed by atoms with van der Waals surface area (Å²) < 4.78 is 5.66. The molecule has 0 aliphatic heterocycles. The molecule has 2 rings (SSSR count). The number of hydrogen-bond donors (Lipinski definition) is 2. The van der Waals surface area contributed by atoms with E-state index in [2.05, 4.69) is 5.32 Å². The third-order valence-electron chi connectivity index (χ3n) is 3.07. The Balaban J connectivity index is 1.71. The molecule has 0 aliphatic rings. The zero-order chi connectivity index (χ0) is 15.1. The van der Waals surface area contributed by atoms with Crippen molar-refractivity contribution in [1.29, 1.82) is 0 Å². The average Bonchev–Trinajstić information content (AvgIpc) is 2.45. The Morgan fingerprint density at radius 1 is 1.19 bits per heavy atom. The van der Waals surface area contributed by atoms with E-state index in [0.29, 0.717) is 25.1 Å². The van der Waals surface area contributed by atoms with Gasteiger partial charge in [0.1, 0.15) is 5.75 Å². The van der Waals surface area contributed by atoms with Crippen LogP contribution in [-0.4, -0.2) is 12.5 Å². The number of nitrogens with one attached hydrogen (secondary N) is 1. The molecule has 4 heteroatoms. The predicted molar refractivity (Wildman–Crippen MR) is 85.4 cm³/mol. The van der Waals surface area contributed by atoms with Gasteiger partial charge in [-0.1, -0.05) is 24.3 Å². The number of carbonyl (C=O) groups excluding carboxylic acids is 1. The first-order valence-electron chi connectivity index (χ1n) is 6.99. The van der Waals surface area contributed by atoms with Crippen molar-refractivity contribution in [2.75, 3.05) is 17.7 Å². The number of carbonyl (C=O) groups is 1. The third-order valence-corrected chi connectivity index (χ3v) is 3.07. The van der Waals surface area contributed by atoms with E-state index in [1.807, 2.05) is 43.3 Å². The van der Waals surface area contributed by atoms with Crippen molar-refractivity contribution < 1.29 is 9.53 Å². The van der Waals surface area contributed by atoms with Gasteiger partial charge < -0.3 is 15.8 Å². The Hall–Kier alpha value is -2.49. The minimum Gasteiger partial charge on any atom is -0.493 e. The molecule has 4 nitrogen and oxygen atoms in total. The van der Waals surface area contributed by atoms with Crippen molar-refractivity contribution in [2.24, 2.45) is 0 Å². The van der Waals surface area contributed by atoms with E-state index in [0.717, 1.165) is 17.0 Å². The number of nitrogen functional groups attached to an aromatic ring is 1. The zero-order valence-corrected chi connectivity index (χ0v) is 12.1. The molecule has 21 heavy (non-hydrogen) atoms. The highest BCUT2D eigenvalue weighted by atomic mass is 16.5. The smallest absolute Gasteiger partial charge is 0.224 e. The van der Waals surface area contributed by atoms with Gasteiger partial charge in [0.25, 0.3) is 0 Å². The standard InChI is InChI=1S/C17H20N2O2/c1-13-6-2-3-9-16(13)21-11-5-10-17(20)19-15-8-4-7-14(18)12-15/h2-4,6-9,12H,5,10-11,18H2,1H3,(H,19,20). The lowest BCUT2D eigenvalue weighted by Gasteiger charge is -2.09. The molecule has 0 heterocycles. The van der Waals surface area contributed by atoms with Crippen LogP contribution in [-0.2, 0) is 4.79 Å². The summed E-state index contributed by atoms with van der Waals surface area (Å²) in [6.07, 6.45) is 1.09. The number of aryl methyl sites for hydroxylation is 1. The van der Waals surface area contributed by atoms with Gasteiger partial charge in [0.05, 0.1) is 6.61 Å². The molecule has 0 aliphatic carbocycles. The molecule has 0 saturated carbocycles. The predicted octanol–water partition coefficient (Wildman–Crippen LogP) is 3.37. The molecule has 0 atom stereocenters. The number of benzene rings is 2. The van der Waals surface area contributed by atoms with Crippen LogP contribution in [0.4, 0.5) is 11.4 Å². The molecular weight excluding hydrogens is 264 g/mol. The minimum absolute atomic E-state index is 0.0333. The van der Waals surface area contributed by atoms with Crippen molar-refractivity contribution in [3.8, 4) is 5.75 Å². The van der Waals surface area contributed by atoms with Gasteiger partial charge in [0, 0.05) is 17.8 Å². The van der Waals surface area contributed by atoms with Crippen LogP contribution in [0.15, 0.2) is 48.5 Å². The number of amides is 1. The summed E-state index contributed by atoms with van der Waals surface area (Å²) in [6, 6.07) is 15.0. The minimum atomic E-state index is -0.0333. The van der Waals surface area contributed by atoms with Gasteiger partial charge in [-0.3, -0.25) is 4.79 Å². The monoisotopic (exact) mass is 284 g/mol. The second-order valence-electron chi connectivity index (χ2n) is 4.89. The van der Waals surface area contributed by atoms with Gasteiger partial charge >= 0.3 is 0 Å². The Bertz CT molecular complexity index is 611. The average molecular weight is 284 g/mol. The van der Waals surface area contributed by atoms with Gasteiger partial charge in [-0.25, -0.2) is 0 Å². The normalized spacial score (nSPS) is 10.1. The van der Waals surface area contributed by atoms with Crippen LogP contribution in [0.2, 0.25) is 0 Å². The highest BCUT2D eigenvalue weighted by Gasteiger charge is 2.03. The SMILES string of the molecule is Cc1ccccc1OCCCC(=O)Nc1cccc(N)c1. The fourth-order valence-corrected chi connectivity index (χ4v) is 1.97. The highest BCUT2D eigenvalue weighted by Crippen LogP contribution is 2.16. The number of hydrogen-bond acceptors (Lipinski definition) is 3. The lowest BCUT2D eigenvalue weighted by Crippen LogP contribution is -2.13. The molecule has 0 fully saturated rings. The Labute approximate surface area is 124 Å². The van der Waals surface area contributed by atoms with E-state index in [1.165, 1.54) is 0 Å². The molecule has 1 amide bonds. The second kappa shape index (κ2) is 7.33. The van der Waals surface area contributed by atoms with E-state index in [9.17, 15) is 4.79 Å². The Morgan fingerprint density at radius 2 is 2.00 bits per heavy atom. The lowest BCUT2D eigenvalue weighted by molar-refractivity contribution is -0.116. The van der Waals surface area contributed by atoms with Gasteiger partial charge in [0.15, 0.2) is 0 Å². The maximum absolute atomic E-state index is 11.8. The molecule has 0 radical (unpaired) electrons. The fraction of sp³-hybridized carbons (Fsp3) is 0.235. The molecule has 2 aromatic rings. The van der Waals surface area contributed by atoms with Crippen LogP contribution in [0.5, 0.6) is 5.75 Å². The fourth-order valence-electron chi connectivity index (χ4n) is 1.97. The summed E-state index contributed by atoms with van der Waals surface area (Å²) in [5.41, 5.74) is 8.12. The van der Waals surface area contributed by atoms with Crippen molar-refractivity contribution >= 4 is 17.3 Å². The highest BCUT2D eigenvalue weighted by molar-refractivity contribution is 5.91. The van der Waals surface area contributed by atoms with Crippen LogP contribution in [0, 0.1) is 6.92 Å². The topological polar surface area (TPSA) is 64.3 Å². The van der Waals surface area contributed by atoms with E-state index in [-0.39, 0.29) is 5.91 Å². The van der Waals surface area contributed by atoms with E-state index >= 15 is 0 Å². The molecule has 0 bridgehead atoms. The first-order valence-corrected chi connectivity index (χ1v) is 6.99. The van der Waals surface area contributed by atoms with Gasteiger partial charge in [-0.15, -0.1) is 0 Å². The molecule has 0 aromatic heterocycles. The summed E-state index contributed by atoms with van der Waals surface area (Å²) in [7, 11) is 0. The maximum atomic E-state index is 11.8. The summed E-state index contributed by atoms with van der Waals surface area (Å²) in [6.45, 7) is 2.52. The van der Waals surface area contributed by atoms with Crippen molar-refractivity contribution in [3.05, 3.63) is 54.1 Å². The molecule has 3 N–H and O–H groups in total. The third kappa shape index (κ3) is 4.84. The first-order chi connectivity index (χ1) is 10.1. The molecule has 110 valence electrons. The van der Waals surface area contributed by atoms with Crippen molar-refractivity contribution in [3.63, 3.8) is 0 Å². The van der Waals surface area contributed by atoms with E-state index in [4.69, 9.17) is 10.5 Å². The molecular formula is C17H20N2O2. The summed E-state index contributed by atoms with van der Waals surface area (Å²) in [4.78, 5) is 11.8. The van der Waals surface area contributed by atoms with Crippen molar-refractivity contribution in [1.82, 2.24) is 0 Å². The number of anilines is 2. The number of ether oxygens (including phenoxy) is 1. The van der Waals surface area contributed by atoms with E-state index in [1.54, 1.807) is 12.1 Å². The number of rotatable bonds is 6. The van der Waals surface area contributed by atoms with Crippen LogP contribution < -0.4 is 15.8 Å². The van der Waals surface area contributed by atoms with Crippen LogP contribution >= 0.6 is 0 Å². The first kappa shape index (κ1) is 14.9. The summed E-state index contributed by atoms with van der Waals surface area (Å²) in [5.74, 6) is 0.836. The molecule has 2 aromatic carbocycles.